The van der Waals surface area contributed by atoms with Gasteiger partial charge in [-0.05, 0) is 43.1 Å². The van der Waals surface area contributed by atoms with Gasteiger partial charge in [0.2, 0.25) is 11.8 Å². The van der Waals surface area contributed by atoms with E-state index in [9.17, 15) is 19.2 Å². The summed E-state index contributed by atoms with van der Waals surface area (Å²) in [5.41, 5.74) is 1.03. The molecule has 4 aliphatic rings. The second-order valence-electron chi connectivity index (χ2n) is 10.2. The summed E-state index contributed by atoms with van der Waals surface area (Å²) in [6.45, 7) is 0.364. The molecule has 2 aromatic rings. The first-order valence-corrected chi connectivity index (χ1v) is 14.2. The number of unbranched alkanes of at least 4 members (excludes halogenated alkanes) is 2. The van der Waals surface area contributed by atoms with Crippen molar-refractivity contribution in [1.29, 1.82) is 0 Å². The first-order valence-electron chi connectivity index (χ1n) is 12.5. The fourth-order valence-electron chi connectivity index (χ4n) is 7.29. The molecule has 3 heterocycles. The minimum atomic E-state index is -0.825. The van der Waals surface area contributed by atoms with Crippen LogP contribution in [0.3, 0.4) is 0 Å². The average molecular weight is 529 g/mol. The summed E-state index contributed by atoms with van der Waals surface area (Å²) in [4.78, 5) is 55.6. The van der Waals surface area contributed by atoms with Crippen LogP contribution >= 0.6 is 23.1 Å². The highest BCUT2D eigenvalue weighted by molar-refractivity contribution is 8.00. The number of nitrogens with zero attached hydrogens (tertiary/aromatic N) is 1. The van der Waals surface area contributed by atoms with Gasteiger partial charge in [-0.2, -0.15) is 0 Å². The summed E-state index contributed by atoms with van der Waals surface area (Å²) < 4.78 is 5.71. The quantitative estimate of drug-likeness (QED) is 0.397. The number of amides is 2. The number of carbonyl (C=O) groups excluding carboxylic acids is 2. The van der Waals surface area contributed by atoms with Gasteiger partial charge in [0.1, 0.15) is 5.75 Å². The number of fused-ring (bicyclic) bond motifs is 9. The van der Waals surface area contributed by atoms with Gasteiger partial charge in [0.05, 0.1) is 24.0 Å². The summed E-state index contributed by atoms with van der Waals surface area (Å²) in [6.07, 6.45) is 2.81. The van der Waals surface area contributed by atoms with Crippen LogP contribution in [0.1, 0.15) is 48.5 Å². The number of rotatable bonds is 8. The predicted molar refractivity (Wildman–Crippen MR) is 134 cm³/mol. The van der Waals surface area contributed by atoms with Crippen LogP contribution in [0.5, 0.6) is 5.75 Å². The molecule has 7 atom stereocenters. The van der Waals surface area contributed by atoms with Crippen molar-refractivity contribution in [3.8, 4) is 5.75 Å². The maximum absolute atomic E-state index is 13.6. The van der Waals surface area contributed by atoms with Crippen molar-refractivity contribution in [3.63, 3.8) is 0 Å². The zero-order valence-electron chi connectivity index (χ0n) is 19.8. The van der Waals surface area contributed by atoms with Gasteiger partial charge in [0.15, 0.2) is 0 Å². The Morgan fingerprint density at radius 1 is 1.11 bits per heavy atom. The van der Waals surface area contributed by atoms with Gasteiger partial charge in [0, 0.05) is 34.6 Å². The fourth-order valence-corrected chi connectivity index (χ4v) is 10.2. The molecule has 6 rings (SSSR count). The molecule has 10 heteroatoms. The number of methoxy groups -OCH3 is 1. The molecule has 1 aromatic carbocycles. The molecular weight excluding hydrogens is 500 g/mol. The van der Waals surface area contributed by atoms with E-state index in [1.165, 1.54) is 16.2 Å². The van der Waals surface area contributed by atoms with Crippen molar-refractivity contribution >= 4 is 40.9 Å². The number of H-pyrrole nitrogens is 1. The largest absolute Gasteiger partial charge is 0.496 e. The highest BCUT2D eigenvalue weighted by Gasteiger charge is 2.69. The van der Waals surface area contributed by atoms with E-state index in [0.717, 1.165) is 27.6 Å². The van der Waals surface area contributed by atoms with E-state index in [0.29, 0.717) is 25.8 Å². The third kappa shape index (κ3) is 3.55. The molecule has 1 aromatic heterocycles. The molecule has 2 saturated carbocycles. The zero-order chi connectivity index (χ0) is 25.1. The zero-order valence-corrected chi connectivity index (χ0v) is 21.5. The molecule has 0 radical (unpaired) electrons. The van der Waals surface area contributed by atoms with Crippen LogP contribution in [0.4, 0.5) is 0 Å². The molecule has 190 valence electrons. The van der Waals surface area contributed by atoms with Crippen LogP contribution in [-0.4, -0.2) is 51.7 Å². The Labute approximate surface area is 216 Å². The number of aromatic amines is 1. The lowest BCUT2D eigenvalue weighted by Gasteiger charge is -2.43. The van der Waals surface area contributed by atoms with E-state index in [4.69, 9.17) is 9.84 Å². The number of thioether (sulfide) groups is 1. The Hall–Kier alpha value is -2.59. The monoisotopic (exact) mass is 528 g/mol. The number of likely N-dealkylation sites (tertiary alicyclic amines) is 1. The van der Waals surface area contributed by atoms with Crippen LogP contribution in [-0.2, 0) is 14.4 Å². The lowest BCUT2D eigenvalue weighted by Crippen LogP contribution is -2.42. The molecule has 2 aliphatic heterocycles. The van der Waals surface area contributed by atoms with Crippen molar-refractivity contribution in [2.24, 2.45) is 29.6 Å². The SMILES string of the molecule is COc1ccccc1[C@@H]1c2sc(=O)[nH]c2S[C@@H]2[C@H]3C[C@@H]([C@@H]4C(=O)N(CCCCCC(=O)O)C(=O)[C@H]34)[C@@H]12. The third-order valence-corrected chi connectivity index (χ3v) is 11.1. The number of carbonyl (C=O) groups is 3. The number of aromatic nitrogens is 1. The minimum absolute atomic E-state index is 0.0599. The normalized spacial score (nSPS) is 31.9. The smallest absolute Gasteiger partial charge is 0.305 e. The number of carboxylic acid groups (broad SMARTS) is 1. The summed E-state index contributed by atoms with van der Waals surface area (Å²) in [5, 5.41) is 9.87. The van der Waals surface area contributed by atoms with E-state index in [1.54, 1.807) is 18.9 Å². The summed E-state index contributed by atoms with van der Waals surface area (Å²) in [5.74, 6) is -0.523. The minimum Gasteiger partial charge on any atom is -0.496 e. The van der Waals surface area contributed by atoms with Crippen LogP contribution < -0.4 is 9.61 Å². The lowest BCUT2D eigenvalue weighted by molar-refractivity contribution is -0.141. The van der Waals surface area contributed by atoms with E-state index in [1.807, 2.05) is 18.2 Å². The molecule has 3 fully saturated rings. The maximum atomic E-state index is 13.6. The predicted octanol–water partition coefficient (Wildman–Crippen LogP) is 3.56. The van der Waals surface area contributed by atoms with E-state index in [2.05, 4.69) is 11.1 Å². The fraction of sp³-hybridized carbons (Fsp3) is 0.538. The van der Waals surface area contributed by atoms with Gasteiger partial charge in [-0.1, -0.05) is 36.0 Å². The molecule has 0 spiro atoms. The summed E-state index contributed by atoms with van der Waals surface area (Å²) in [6, 6.07) is 7.91. The van der Waals surface area contributed by atoms with Crippen molar-refractivity contribution in [2.75, 3.05) is 13.7 Å². The number of thiazole rings is 1. The average Bonchev–Trinajstić information content (AvgIpc) is 3.58. The third-order valence-electron chi connectivity index (χ3n) is 8.56. The van der Waals surface area contributed by atoms with Crippen LogP contribution in [0.15, 0.2) is 34.1 Å². The Bertz CT molecular complexity index is 1290. The molecule has 2 bridgehead atoms. The number of ether oxygens (including phenoxy) is 1. The number of imide groups is 1. The van der Waals surface area contributed by atoms with Gasteiger partial charge in [-0.3, -0.25) is 24.1 Å². The van der Waals surface area contributed by atoms with Crippen molar-refractivity contribution in [1.82, 2.24) is 9.88 Å². The van der Waals surface area contributed by atoms with Crippen molar-refractivity contribution in [2.45, 2.75) is 48.3 Å². The first-order chi connectivity index (χ1) is 17.4. The number of nitrogens with one attached hydrogen (secondary N) is 1. The van der Waals surface area contributed by atoms with Gasteiger partial charge in [0.25, 0.3) is 0 Å². The number of hydrogen-bond donors (Lipinski definition) is 2. The molecular formula is C26H28N2O6S2. The maximum Gasteiger partial charge on any atom is 0.305 e. The highest BCUT2D eigenvalue weighted by atomic mass is 32.2. The molecule has 0 unspecified atom stereocenters. The van der Waals surface area contributed by atoms with Crippen LogP contribution in [0.2, 0.25) is 0 Å². The number of carboxylic acids is 1. The van der Waals surface area contributed by atoms with E-state index < -0.39 is 5.97 Å². The molecule has 36 heavy (non-hydrogen) atoms. The Kier molecular flexibility index (Phi) is 5.99. The number of benzene rings is 1. The number of hydrogen-bond acceptors (Lipinski definition) is 7. The lowest BCUT2D eigenvalue weighted by atomic mass is 9.68. The van der Waals surface area contributed by atoms with E-state index >= 15 is 0 Å². The summed E-state index contributed by atoms with van der Waals surface area (Å²) >= 11 is 2.92. The second kappa shape index (κ2) is 9.06. The van der Waals surface area contributed by atoms with E-state index in [-0.39, 0.29) is 63.9 Å². The van der Waals surface area contributed by atoms with Crippen LogP contribution in [0.25, 0.3) is 0 Å². The Morgan fingerprint density at radius 3 is 2.61 bits per heavy atom. The standard InChI is InChI=1S/C26H28N2O6S2/c1-34-15-8-5-4-7-12(15)17-18-13-11-14(21(18)35-23-22(17)36-26(33)27-23)20-19(13)24(31)28(25(20)32)10-6-2-3-9-16(29)30/h4-5,7-8,13-14,17-21H,2-3,6,9-11H2,1H3,(H,27,33)(H,29,30)/t13-,14+,17+,18+,19+,20-,21-/m1/s1. The van der Waals surface area contributed by atoms with Crippen molar-refractivity contribution < 1.29 is 24.2 Å². The van der Waals surface area contributed by atoms with Gasteiger partial charge in [-0.25, -0.2) is 0 Å². The molecule has 2 amide bonds. The molecule has 1 saturated heterocycles. The summed E-state index contributed by atoms with van der Waals surface area (Å²) in [7, 11) is 1.65. The topological polar surface area (TPSA) is 117 Å². The van der Waals surface area contributed by atoms with Crippen LogP contribution in [0, 0.1) is 29.6 Å². The van der Waals surface area contributed by atoms with Gasteiger partial charge in [-0.15, -0.1) is 11.8 Å². The Morgan fingerprint density at radius 2 is 1.86 bits per heavy atom. The number of aliphatic carboxylic acids is 1. The molecule has 2 aliphatic carbocycles. The van der Waals surface area contributed by atoms with Gasteiger partial charge >= 0.3 is 10.8 Å². The highest BCUT2D eigenvalue weighted by Crippen LogP contribution is 2.68. The molecule has 8 nitrogen and oxygen atoms in total. The first kappa shape index (κ1) is 23.8. The Balaban J connectivity index is 1.31. The number of para-hydroxylation sites is 1. The van der Waals surface area contributed by atoms with Gasteiger partial charge < -0.3 is 14.8 Å². The molecule has 2 N–H and O–H groups in total. The van der Waals surface area contributed by atoms with Crippen molar-refractivity contribution in [3.05, 3.63) is 44.4 Å². The second-order valence-corrected chi connectivity index (χ2v) is 12.4.